The molecule has 1 aliphatic carbocycles. The average Bonchev–Trinajstić information content (AvgIpc) is 2.30. The molecule has 1 aromatic rings. The molecule has 1 saturated carbocycles. The van der Waals surface area contributed by atoms with Gasteiger partial charge in [0.25, 0.3) is 0 Å². The molecule has 0 aliphatic heterocycles. The van der Waals surface area contributed by atoms with Crippen molar-refractivity contribution in [1.82, 2.24) is 4.31 Å². The van der Waals surface area contributed by atoms with Gasteiger partial charge in [0.1, 0.15) is 0 Å². The summed E-state index contributed by atoms with van der Waals surface area (Å²) in [6.07, 6.45) is 3.31. The van der Waals surface area contributed by atoms with Crippen LogP contribution in [0.3, 0.4) is 0 Å². The van der Waals surface area contributed by atoms with E-state index < -0.39 is 10.0 Å². The van der Waals surface area contributed by atoms with E-state index in [1.165, 1.54) is 10.4 Å². The second-order valence-electron chi connectivity index (χ2n) is 5.36. The second-order valence-corrected chi connectivity index (χ2v) is 7.25. The lowest BCUT2D eigenvalue weighted by atomic mass is 9.93. The summed E-state index contributed by atoms with van der Waals surface area (Å²) in [5.74, 6) is 0. The van der Waals surface area contributed by atoms with Crippen molar-refractivity contribution < 1.29 is 13.5 Å². The molecule has 0 radical (unpaired) electrons. The van der Waals surface area contributed by atoms with E-state index in [4.69, 9.17) is 10.8 Å². The first-order valence-corrected chi connectivity index (χ1v) is 8.39. The normalized spacial score (nSPS) is 16.4. The topological polar surface area (TPSA) is 83.6 Å². The maximum atomic E-state index is 12.8. The number of nitrogen functional groups attached to an aromatic ring is 1. The number of benzene rings is 1. The van der Waals surface area contributed by atoms with Crippen molar-refractivity contribution >= 4 is 15.7 Å². The van der Waals surface area contributed by atoms with Crippen LogP contribution in [0.5, 0.6) is 0 Å². The molecule has 5 nitrogen and oxygen atoms in total. The van der Waals surface area contributed by atoms with Crippen molar-refractivity contribution in [2.45, 2.75) is 43.5 Å². The number of nitrogens with zero attached hydrogens (tertiary/aromatic N) is 1. The van der Waals surface area contributed by atoms with Gasteiger partial charge in [0.15, 0.2) is 0 Å². The van der Waals surface area contributed by atoms with E-state index in [0.717, 1.165) is 24.8 Å². The van der Waals surface area contributed by atoms with Gasteiger partial charge in [-0.15, -0.1) is 0 Å². The highest BCUT2D eigenvalue weighted by molar-refractivity contribution is 7.89. The minimum Gasteiger partial charge on any atom is -0.399 e. The van der Waals surface area contributed by atoms with Crippen LogP contribution < -0.4 is 5.73 Å². The zero-order chi connectivity index (χ0) is 14.8. The van der Waals surface area contributed by atoms with Crippen LogP contribution in [-0.2, 0) is 10.0 Å². The Kier molecular flexibility index (Phi) is 4.67. The highest BCUT2D eigenvalue weighted by Gasteiger charge is 2.34. The molecule has 112 valence electrons. The van der Waals surface area contributed by atoms with E-state index in [0.29, 0.717) is 18.7 Å². The van der Waals surface area contributed by atoms with Gasteiger partial charge in [0, 0.05) is 24.9 Å². The van der Waals surface area contributed by atoms with Gasteiger partial charge < -0.3 is 10.8 Å². The van der Waals surface area contributed by atoms with Crippen molar-refractivity contribution in [3.8, 4) is 0 Å². The Morgan fingerprint density at radius 3 is 2.55 bits per heavy atom. The van der Waals surface area contributed by atoms with E-state index in [-0.39, 0.29) is 17.5 Å². The van der Waals surface area contributed by atoms with Crippen molar-refractivity contribution in [3.63, 3.8) is 0 Å². The summed E-state index contributed by atoms with van der Waals surface area (Å²) in [5, 5.41) is 8.97. The monoisotopic (exact) mass is 298 g/mol. The molecule has 0 aromatic heterocycles. The van der Waals surface area contributed by atoms with Gasteiger partial charge >= 0.3 is 0 Å². The van der Waals surface area contributed by atoms with Crippen molar-refractivity contribution in [1.29, 1.82) is 0 Å². The van der Waals surface area contributed by atoms with E-state index in [1.54, 1.807) is 12.1 Å². The van der Waals surface area contributed by atoms with Gasteiger partial charge in [-0.2, -0.15) is 4.31 Å². The van der Waals surface area contributed by atoms with Crippen LogP contribution in [0.25, 0.3) is 0 Å². The number of nitrogens with two attached hydrogens (primary N) is 1. The Balaban J connectivity index is 2.33. The molecule has 20 heavy (non-hydrogen) atoms. The first-order chi connectivity index (χ1) is 9.45. The first-order valence-electron chi connectivity index (χ1n) is 6.95. The fraction of sp³-hybridized carbons (Fsp3) is 0.571. The molecular weight excluding hydrogens is 276 g/mol. The number of rotatable bonds is 6. The van der Waals surface area contributed by atoms with Gasteiger partial charge in [-0.05, 0) is 49.9 Å². The molecule has 0 atom stereocenters. The lowest BCUT2D eigenvalue weighted by Crippen LogP contribution is -2.44. The maximum Gasteiger partial charge on any atom is 0.243 e. The Labute approximate surface area is 120 Å². The van der Waals surface area contributed by atoms with Crippen LogP contribution in [0.15, 0.2) is 23.1 Å². The molecule has 0 amide bonds. The van der Waals surface area contributed by atoms with Crippen molar-refractivity contribution in [3.05, 3.63) is 23.8 Å². The van der Waals surface area contributed by atoms with E-state index in [9.17, 15) is 8.42 Å². The Morgan fingerprint density at radius 2 is 2.05 bits per heavy atom. The molecule has 0 spiro atoms. The summed E-state index contributed by atoms with van der Waals surface area (Å²) < 4.78 is 27.1. The molecular formula is C14H22N2O3S. The lowest BCUT2D eigenvalue weighted by molar-refractivity contribution is 0.198. The number of aliphatic hydroxyl groups excluding tert-OH is 1. The third-order valence-electron chi connectivity index (χ3n) is 3.70. The Bertz CT molecular complexity index is 548. The molecule has 0 bridgehead atoms. The third kappa shape index (κ3) is 3.13. The van der Waals surface area contributed by atoms with Crippen molar-refractivity contribution in [2.75, 3.05) is 18.9 Å². The highest BCUT2D eigenvalue weighted by Crippen LogP contribution is 2.31. The highest BCUT2D eigenvalue weighted by atomic mass is 32.2. The van der Waals surface area contributed by atoms with Gasteiger partial charge in [0.2, 0.25) is 10.0 Å². The summed E-state index contributed by atoms with van der Waals surface area (Å²) in [7, 11) is -3.54. The minimum atomic E-state index is -3.54. The summed E-state index contributed by atoms with van der Waals surface area (Å²) in [6.45, 7) is 2.18. The van der Waals surface area contributed by atoms with Gasteiger partial charge in [-0.1, -0.05) is 6.42 Å². The van der Waals surface area contributed by atoms with Gasteiger partial charge in [-0.25, -0.2) is 8.42 Å². The van der Waals surface area contributed by atoms with Gasteiger partial charge in [-0.3, -0.25) is 0 Å². The van der Waals surface area contributed by atoms with Crippen molar-refractivity contribution in [2.24, 2.45) is 0 Å². The molecule has 0 unspecified atom stereocenters. The zero-order valence-corrected chi connectivity index (χ0v) is 12.6. The average molecular weight is 298 g/mol. The van der Waals surface area contributed by atoms with E-state index in [2.05, 4.69) is 0 Å². The largest absolute Gasteiger partial charge is 0.399 e. The number of hydrogen-bond donors (Lipinski definition) is 2. The fourth-order valence-electron chi connectivity index (χ4n) is 2.46. The molecule has 3 N–H and O–H groups in total. The summed E-state index contributed by atoms with van der Waals surface area (Å²) >= 11 is 0. The van der Waals surface area contributed by atoms with Crippen LogP contribution in [0.4, 0.5) is 5.69 Å². The predicted octanol–water partition coefficient (Wildman–Crippen LogP) is 1.50. The quantitative estimate of drug-likeness (QED) is 0.780. The Hall–Kier alpha value is -1.11. The molecule has 6 heteroatoms. The summed E-state index contributed by atoms with van der Waals surface area (Å²) in [5.41, 5.74) is 7.05. The van der Waals surface area contributed by atoms with Crippen LogP contribution in [-0.4, -0.2) is 37.0 Å². The molecule has 0 saturated heterocycles. The summed E-state index contributed by atoms with van der Waals surface area (Å²) in [6, 6.07) is 4.97. The smallest absolute Gasteiger partial charge is 0.243 e. The van der Waals surface area contributed by atoms with Crippen LogP contribution >= 0.6 is 0 Å². The number of sulfonamides is 1. The molecule has 0 heterocycles. The standard InChI is InChI=1S/C14H22N2O3S/c1-11-8-12(15)10-14(9-11)20(18,19)16(6-3-7-17)13-4-2-5-13/h8-10,13,17H,2-7,15H2,1H3. The molecule has 1 fully saturated rings. The molecule has 1 aromatic carbocycles. The van der Waals surface area contributed by atoms with Crippen LogP contribution in [0.1, 0.15) is 31.2 Å². The first kappa shape index (κ1) is 15.3. The minimum absolute atomic E-state index is 0.00526. The number of anilines is 1. The number of aryl methyl sites for hydroxylation is 1. The molecule has 1 aliphatic rings. The lowest BCUT2D eigenvalue weighted by Gasteiger charge is -2.36. The summed E-state index contributed by atoms with van der Waals surface area (Å²) in [4.78, 5) is 0.250. The third-order valence-corrected chi connectivity index (χ3v) is 5.63. The number of hydrogen-bond acceptors (Lipinski definition) is 4. The van der Waals surface area contributed by atoms with Crippen LogP contribution in [0.2, 0.25) is 0 Å². The fourth-order valence-corrected chi connectivity index (χ4v) is 4.32. The van der Waals surface area contributed by atoms with E-state index >= 15 is 0 Å². The molecule has 2 rings (SSSR count). The SMILES string of the molecule is Cc1cc(N)cc(S(=O)(=O)N(CCCO)C2CCC2)c1. The number of aliphatic hydroxyl groups is 1. The van der Waals surface area contributed by atoms with Gasteiger partial charge in [0.05, 0.1) is 4.90 Å². The zero-order valence-electron chi connectivity index (χ0n) is 11.7. The Morgan fingerprint density at radius 1 is 1.35 bits per heavy atom. The van der Waals surface area contributed by atoms with E-state index in [1.807, 2.05) is 6.92 Å². The van der Waals surface area contributed by atoms with Crippen LogP contribution in [0, 0.1) is 6.92 Å². The maximum absolute atomic E-state index is 12.8. The predicted molar refractivity (Wildman–Crippen MR) is 78.8 cm³/mol. The second kappa shape index (κ2) is 6.11.